The smallest absolute Gasteiger partial charge is 0.263 e. The topological polar surface area (TPSA) is 79.4 Å². The summed E-state index contributed by atoms with van der Waals surface area (Å²) in [5.74, 6) is -0.299. The van der Waals surface area contributed by atoms with Gasteiger partial charge >= 0.3 is 0 Å². The molecule has 0 atom stereocenters. The third-order valence-corrected chi connectivity index (χ3v) is 5.71. The number of ether oxygens (including phenoxy) is 1. The lowest BCUT2D eigenvalue weighted by molar-refractivity contribution is 0.0383. The zero-order valence-electron chi connectivity index (χ0n) is 17.3. The summed E-state index contributed by atoms with van der Waals surface area (Å²) >= 11 is 0. The van der Waals surface area contributed by atoms with E-state index in [4.69, 9.17) is 4.74 Å². The number of pyridine rings is 1. The summed E-state index contributed by atoms with van der Waals surface area (Å²) in [6.45, 7) is 6.82. The second-order valence-electron chi connectivity index (χ2n) is 7.69. The first-order chi connectivity index (χ1) is 14.6. The van der Waals surface area contributed by atoms with Crippen molar-refractivity contribution < 1.29 is 9.53 Å². The monoisotopic (exact) mass is 408 g/mol. The molecule has 1 fully saturated rings. The fraction of sp³-hybridized carbons (Fsp3) is 0.391. The van der Waals surface area contributed by atoms with Gasteiger partial charge in [-0.3, -0.25) is 14.5 Å². The van der Waals surface area contributed by atoms with Crippen LogP contribution in [-0.4, -0.2) is 59.8 Å². The Morgan fingerprint density at radius 3 is 2.80 bits per heavy atom. The first kappa shape index (κ1) is 20.4. The molecular formula is C23H28N4O3. The van der Waals surface area contributed by atoms with Crippen LogP contribution in [0.1, 0.15) is 21.5 Å². The predicted octanol–water partition coefficient (Wildman–Crippen LogP) is 1.94. The molecule has 158 valence electrons. The Labute approximate surface area is 175 Å². The Balaban J connectivity index is 1.42. The van der Waals surface area contributed by atoms with Gasteiger partial charge in [-0.05, 0) is 36.6 Å². The van der Waals surface area contributed by atoms with Crippen molar-refractivity contribution in [2.24, 2.45) is 0 Å². The highest BCUT2D eigenvalue weighted by molar-refractivity contribution is 5.95. The number of morpholine rings is 1. The molecule has 0 unspecified atom stereocenters. The first-order valence-corrected chi connectivity index (χ1v) is 10.5. The highest BCUT2D eigenvalue weighted by Crippen LogP contribution is 2.18. The fourth-order valence-electron chi connectivity index (χ4n) is 3.94. The molecule has 1 amide bonds. The minimum Gasteiger partial charge on any atom is -0.379 e. The summed E-state index contributed by atoms with van der Waals surface area (Å²) in [7, 11) is 0. The minimum absolute atomic E-state index is 0.235. The molecule has 0 bridgehead atoms. The molecule has 2 aromatic heterocycles. The zero-order chi connectivity index (χ0) is 20.9. The lowest BCUT2D eigenvalue weighted by Crippen LogP contribution is -2.42. The maximum atomic E-state index is 13.0. The molecule has 1 aliphatic rings. The van der Waals surface area contributed by atoms with E-state index in [9.17, 15) is 9.59 Å². The van der Waals surface area contributed by atoms with Crippen molar-refractivity contribution in [2.45, 2.75) is 19.9 Å². The Kier molecular flexibility index (Phi) is 6.30. The average Bonchev–Trinajstić information content (AvgIpc) is 3.17. The number of benzene rings is 1. The molecule has 2 N–H and O–H groups in total. The number of nitrogens with zero attached hydrogens (tertiary/aromatic N) is 2. The van der Waals surface area contributed by atoms with Gasteiger partial charge in [0, 0.05) is 56.0 Å². The van der Waals surface area contributed by atoms with E-state index in [1.54, 1.807) is 10.8 Å². The van der Waals surface area contributed by atoms with E-state index in [1.807, 2.05) is 37.4 Å². The van der Waals surface area contributed by atoms with Gasteiger partial charge in [0.25, 0.3) is 11.5 Å². The number of carbonyl (C=O) groups excluding carboxylic acids is 1. The molecule has 0 aliphatic carbocycles. The number of H-pyrrole nitrogens is 1. The number of hydrogen-bond donors (Lipinski definition) is 2. The van der Waals surface area contributed by atoms with Crippen LogP contribution in [0.3, 0.4) is 0 Å². The van der Waals surface area contributed by atoms with Crippen molar-refractivity contribution in [3.8, 4) is 0 Å². The van der Waals surface area contributed by atoms with Crippen LogP contribution in [0.4, 0.5) is 0 Å². The normalized spacial score (nSPS) is 14.8. The van der Waals surface area contributed by atoms with E-state index < -0.39 is 0 Å². The lowest BCUT2D eigenvalue weighted by atomic mass is 10.1. The molecule has 30 heavy (non-hydrogen) atoms. The van der Waals surface area contributed by atoms with Gasteiger partial charge in [0.05, 0.1) is 13.2 Å². The van der Waals surface area contributed by atoms with E-state index in [-0.39, 0.29) is 17.0 Å². The molecule has 7 nitrogen and oxygen atoms in total. The fourth-order valence-corrected chi connectivity index (χ4v) is 3.94. The zero-order valence-corrected chi connectivity index (χ0v) is 17.3. The van der Waals surface area contributed by atoms with Crippen LogP contribution in [0.15, 0.2) is 47.5 Å². The van der Waals surface area contributed by atoms with Crippen molar-refractivity contribution in [1.29, 1.82) is 0 Å². The lowest BCUT2D eigenvalue weighted by Gasteiger charge is -2.26. The van der Waals surface area contributed by atoms with E-state index in [0.717, 1.165) is 43.9 Å². The Morgan fingerprint density at radius 1 is 1.17 bits per heavy atom. The van der Waals surface area contributed by atoms with E-state index in [0.29, 0.717) is 25.1 Å². The number of aromatic amines is 1. The summed E-state index contributed by atoms with van der Waals surface area (Å²) < 4.78 is 6.97. The minimum atomic E-state index is -0.299. The highest BCUT2D eigenvalue weighted by Gasteiger charge is 2.17. The molecular weight excluding hydrogens is 380 g/mol. The number of fused-ring (bicyclic) bond motifs is 1. The molecule has 7 heteroatoms. The third-order valence-electron chi connectivity index (χ3n) is 5.71. The van der Waals surface area contributed by atoms with Gasteiger partial charge in [0.1, 0.15) is 5.56 Å². The number of rotatable bonds is 7. The second kappa shape index (κ2) is 9.28. The number of carbonyl (C=O) groups is 1. The SMILES string of the molecule is Cc1ccn(CCc2c[nH]c3ccccc23)c(=O)c1C(=O)NCCN1CCOCC1. The summed E-state index contributed by atoms with van der Waals surface area (Å²) in [6, 6.07) is 9.96. The molecule has 3 aromatic rings. The third kappa shape index (κ3) is 4.47. The largest absolute Gasteiger partial charge is 0.379 e. The van der Waals surface area contributed by atoms with Crippen molar-refractivity contribution >= 4 is 16.8 Å². The Morgan fingerprint density at radius 2 is 1.97 bits per heavy atom. The Bertz CT molecular complexity index is 1080. The van der Waals surface area contributed by atoms with Crippen LogP contribution in [0, 0.1) is 6.92 Å². The first-order valence-electron chi connectivity index (χ1n) is 10.5. The number of aryl methyl sites for hydroxylation is 3. The average molecular weight is 409 g/mol. The second-order valence-corrected chi connectivity index (χ2v) is 7.69. The molecule has 1 aliphatic heterocycles. The van der Waals surface area contributed by atoms with Crippen LogP contribution in [0.2, 0.25) is 0 Å². The maximum absolute atomic E-state index is 13.0. The van der Waals surface area contributed by atoms with Crippen molar-refractivity contribution in [3.63, 3.8) is 0 Å². The maximum Gasteiger partial charge on any atom is 0.263 e. The summed E-state index contributed by atoms with van der Waals surface area (Å²) in [5, 5.41) is 4.07. The quantitative estimate of drug-likeness (QED) is 0.626. The summed E-state index contributed by atoms with van der Waals surface area (Å²) in [5.41, 5.74) is 2.95. The van der Waals surface area contributed by atoms with Crippen LogP contribution in [0.25, 0.3) is 10.9 Å². The van der Waals surface area contributed by atoms with Crippen molar-refractivity contribution in [3.05, 3.63) is 69.8 Å². The van der Waals surface area contributed by atoms with Gasteiger partial charge in [-0.25, -0.2) is 0 Å². The molecule has 0 spiro atoms. The summed E-state index contributed by atoms with van der Waals surface area (Å²) in [6.07, 6.45) is 4.48. The van der Waals surface area contributed by atoms with Crippen molar-refractivity contribution in [1.82, 2.24) is 19.8 Å². The molecule has 0 radical (unpaired) electrons. The van der Waals surface area contributed by atoms with Gasteiger partial charge in [0.15, 0.2) is 0 Å². The highest BCUT2D eigenvalue weighted by atomic mass is 16.5. The Hall–Kier alpha value is -2.90. The molecule has 1 saturated heterocycles. The van der Waals surface area contributed by atoms with Crippen LogP contribution in [-0.2, 0) is 17.7 Å². The number of nitrogens with one attached hydrogen (secondary N) is 2. The van der Waals surface area contributed by atoms with Crippen molar-refractivity contribution in [2.75, 3.05) is 39.4 Å². The van der Waals surface area contributed by atoms with Gasteiger partial charge in [0.2, 0.25) is 0 Å². The molecule has 1 aromatic carbocycles. The standard InChI is InChI=1S/C23H28N4O3/c1-17-6-9-27(10-7-18-16-25-20-5-3-2-4-19(18)20)23(29)21(17)22(28)24-8-11-26-12-14-30-15-13-26/h2-6,9,16,25H,7-8,10-15H2,1H3,(H,24,28). The number of amides is 1. The van der Waals surface area contributed by atoms with E-state index in [2.05, 4.69) is 21.3 Å². The molecule has 0 saturated carbocycles. The van der Waals surface area contributed by atoms with Crippen LogP contribution < -0.4 is 10.9 Å². The van der Waals surface area contributed by atoms with E-state index in [1.165, 1.54) is 5.39 Å². The van der Waals surface area contributed by atoms with Gasteiger partial charge in [-0.15, -0.1) is 0 Å². The van der Waals surface area contributed by atoms with Crippen LogP contribution in [0.5, 0.6) is 0 Å². The van der Waals surface area contributed by atoms with Crippen LogP contribution >= 0.6 is 0 Å². The van der Waals surface area contributed by atoms with Gasteiger partial charge in [-0.2, -0.15) is 0 Å². The number of aromatic nitrogens is 2. The number of hydrogen-bond acceptors (Lipinski definition) is 4. The number of para-hydroxylation sites is 1. The summed E-state index contributed by atoms with van der Waals surface area (Å²) in [4.78, 5) is 31.2. The predicted molar refractivity (Wildman–Crippen MR) is 117 cm³/mol. The van der Waals surface area contributed by atoms with Gasteiger partial charge in [-0.1, -0.05) is 18.2 Å². The van der Waals surface area contributed by atoms with Gasteiger partial charge < -0.3 is 19.6 Å². The molecule has 3 heterocycles. The van der Waals surface area contributed by atoms with E-state index >= 15 is 0 Å². The molecule has 4 rings (SSSR count).